The molecule has 0 spiro atoms. The van der Waals surface area contributed by atoms with Gasteiger partial charge in [0.2, 0.25) is 0 Å². The molecule has 0 aliphatic rings. The number of carbonyl (C=O) groups is 2. The van der Waals surface area contributed by atoms with Crippen LogP contribution in [0.5, 0.6) is 0 Å². The average molecular weight is 389 g/mol. The van der Waals surface area contributed by atoms with Crippen molar-refractivity contribution in [2.75, 3.05) is 7.05 Å². The number of nitrogens with one attached hydrogen (secondary N) is 2. The predicted octanol–water partition coefficient (Wildman–Crippen LogP) is 2.55. The zero-order valence-corrected chi connectivity index (χ0v) is 12.9. The Morgan fingerprint density at radius 2 is 1.46 bits per heavy atom. The molecule has 1 heterocycles. The molecule has 0 saturated carbocycles. The molecule has 2 aromatic rings. The Bertz CT molecular complexity index is 669. The van der Waals surface area contributed by atoms with Crippen LogP contribution in [-0.4, -0.2) is 51.5 Å². The number of aromatic nitrogens is 2. The number of hydrogen-bond donors (Lipinski definition) is 4. The van der Waals surface area contributed by atoms with Gasteiger partial charge in [-0.25, -0.2) is 14.6 Å². The van der Waals surface area contributed by atoms with Gasteiger partial charge in [-0.1, -0.05) is 12.1 Å². The van der Waals surface area contributed by atoms with Gasteiger partial charge in [0, 0.05) is 0 Å². The van der Waals surface area contributed by atoms with E-state index in [-0.39, 0.29) is 0 Å². The molecule has 7 nitrogen and oxygen atoms in total. The summed E-state index contributed by atoms with van der Waals surface area (Å²) < 4.78 is 63.5. The van der Waals surface area contributed by atoms with E-state index in [1.165, 1.54) is 0 Å². The lowest BCUT2D eigenvalue weighted by Crippen LogP contribution is -2.21. The normalized spacial score (nSPS) is 11.0. The molecular formula is C13H13F6N3O4. The number of imidazole rings is 1. The molecule has 0 unspecified atom stereocenters. The Labute approximate surface area is 141 Å². The van der Waals surface area contributed by atoms with Gasteiger partial charge in [-0.3, -0.25) is 0 Å². The number of alkyl halides is 6. The minimum absolute atomic E-state index is 0.786. The number of aromatic amines is 1. The zero-order valence-electron chi connectivity index (χ0n) is 12.9. The maximum atomic E-state index is 10.6. The third kappa shape index (κ3) is 8.86. The topological polar surface area (TPSA) is 115 Å². The van der Waals surface area contributed by atoms with E-state index >= 15 is 0 Å². The first-order valence-corrected chi connectivity index (χ1v) is 6.47. The third-order valence-corrected chi connectivity index (χ3v) is 2.27. The summed E-state index contributed by atoms with van der Waals surface area (Å²) in [5, 5.41) is 17.3. The van der Waals surface area contributed by atoms with Crippen molar-refractivity contribution in [2.24, 2.45) is 0 Å². The molecule has 0 aliphatic heterocycles. The number of H-pyrrole nitrogens is 1. The molecule has 0 bridgehead atoms. The van der Waals surface area contributed by atoms with Crippen molar-refractivity contribution >= 4 is 23.0 Å². The molecular weight excluding hydrogens is 376 g/mol. The highest BCUT2D eigenvalue weighted by molar-refractivity contribution is 5.74. The molecule has 146 valence electrons. The molecule has 0 atom stereocenters. The molecule has 1 aromatic carbocycles. The van der Waals surface area contributed by atoms with Gasteiger partial charge >= 0.3 is 24.3 Å². The van der Waals surface area contributed by atoms with Gasteiger partial charge in [-0.05, 0) is 19.2 Å². The summed E-state index contributed by atoms with van der Waals surface area (Å²) in [6.07, 6.45) is -10.2. The van der Waals surface area contributed by atoms with Crippen LogP contribution in [0, 0.1) is 0 Å². The van der Waals surface area contributed by atoms with E-state index in [2.05, 4.69) is 15.3 Å². The maximum absolute atomic E-state index is 10.6. The number of carboxylic acids is 2. The van der Waals surface area contributed by atoms with Gasteiger partial charge in [0.1, 0.15) is 5.82 Å². The number of hydrogen-bond acceptors (Lipinski definition) is 4. The summed E-state index contributed by atoms with van der Waals surface area (Å²) in [4.78, 5) is 25.4. The number of benzene rings is 1. The highest BCUT2D eigenvalue weighted by Gasteiger charge is 2.38. The Hall–Kier alpha value is -2.83. The number of rotatable bonds is 2. The van der Waals surface area contributed by atoms with Crippen molar-refractivity contribution < 1.29 is 46.1 Å². The molecule has 0 fully saturated rings. The minimum Gasteiger partial charge on any atom is -0.475 e. The third-order valence-electron chi connectivity index (χ3n) is 2.27. The van der Waals surface area contributed by atoms with Crippen molar-refractivity contribution in [3.63, 3.8) is 0 Å². The number of para-hydroxylation sites is 2. The summed E-state index contributed by atoms with van der Waals surface area (Å²) in [5.74, 6) is -4.53. The number of carboxylic acid groups (broad SMARTS) is 2. The lowest BCUT2D eigenvalue weighted by atomic mass is 10.3. The van der Waals surface area contributed by atoms with Gasteiger partial charge in [0.25, 0.3) is 0 Å². The van der Waals surface area contributed by atoms with Crippen molar-refractivity contribution in [3.05, 3.63) is 30.1 Å². The van der Waals surface area contributed by atoms with E-state index in [4.69, 9.17) is 19.8 Å². The van der Waals surface area contributed by atoms with Crippen LogP contribution >= 0.6 is 0 Å². The standard InChI is InChI=1S/C9H11N3.2C2HF3O2/c1-10-6-9-11-7-4-2-3-5-8(7)12-9;2*3-2(4,5)1(6)7/h2-5,10H,6H2,1H3,(H,11,12);2*(H,6,7). The lowest BCUT2D eigenvalue weighted by molar-refractivity contribution is -0.193. The summed E-state index contributed by atoms with van der Waals surface area (Å²) in [7, 11) is 1.91. The van der Waals surface area contributed by atoms with Crippen LogP contribution in [0.4, 0.5) is 26.3 Å². The van der Waals surface area contributed by atoms with E-state index in [0.29, 0.717) is 0 Å². The van der Waals surface area contributed by atoms with Crippen molar-refractivity contribution in [1.29, 1.82) is 0 Å². The minimum atomic E-state index is -5.08. The van der Waals surface area contributed by atoms with Crippen molar-refractivity contribution in [2.45, 2.75) is 18.9 Å². The van der Waals surface area contributed by atoms with Crippen LogP contribution in [0.1, 0.15) is 5.82 Å². The highest BCUT2D eigenvalue weighted by atomic mass is 19.4. The molecule has 26 heavy (non-hydrogen) atoms. The van der Waals surface area contributed by atoms with Crippen molar-refractivity contribution in [1.82, 2.24) is 15.3 Å². The Kier molecular flexibility index (Phi) is 8.56. The number of fused-ring (bicyclic) bond motifs is 1. The molecule has 0 radical (unpaired) electrons. The fourth-order valence-corrected chi connectivity index (χ4v) is 1.26. The molecule has 2 rings (SSSR count). The molecule has 1 aromatic heterocycles. The maximum Gasteiger partial charge on any atom is 0.490 e. The second-order valence-corrected chi connectivity index (χ2v) is 4.34. The SMILES string of the molecule is CNCc1nc2ccccc2[nH]1.O=C(O)C(F)(F)F.O=C(O)C(F)(F)F. The fourth-order valence-electron chi connectivity index (χ4n) is 1.26. The van der Waals surface area contributed by atoms with Crippen LogP contribution in [0.2, 0.25) is 0 Å². The number of halogens is 6. The van der Waals surface area contributed by atoms with E-state index in [1.807, 2.05) is 31.3 Å². The summed E-state index contributed by atoms with van der Waals surface area (Å²) in [5.41, 5.74) is 2.13. The second-order valence-electron chi connectivity index (χ2n) is 4.34. The first kappa shape index (κ1) is 23.2. The van der Waals surface area contributed by atoms with Crippen LogP contribution in [0.3, 0.4) is 0 Å². The monoisotopic (exact) mass is 389 g/mol. The molecule has 0 saturated heterocycles. The molecule has 0 amide bonds. The first-order valence-electron chi connectivity index (χ1n) is 6.47. The Balaban J connectivity index is 0.000000390. The Morgan fingerprint density at radius 1 is 1.04 bits per heavy atom. The molecule has 4 N–H and O–H groups in total. The van der Waals surface area contributed by atoms with Crippen LogP contribution in [-0.2, 0) is 16.1 Å². The van der Waals surface area contributed by atoms with Crippen LogP contribution in [0.25, 0.3) is 11.0 Å². The van der Waals surface area contributed by atoms with Crippen LogP contribution < -0.4 is 5.32 Å². The van der Waals surface area contributed by atoms with E-state index in [9.17, 15) is 26.3 Å². The average Bonchev–Trinajstić information content (AvgIpc) is 2.89. The number of aliphatic carboxylic acids is 2. The van der Waals surface area contributed by atoms with Gasteiger partial charge in [-0.2, -0.15) is 26.3 Å². The van der Waals surface area contributed by atoms with Gasteiger partial charge in [0.15, 0.2) is 0 Å². The van der Waals surface area contributed by atoms with Crippen LogP contribution in [0.15, 0.2) is 24.3 Å². The molecule has 13 heteroatoms. The highest BCUT2D eigenvalue weighted by Crippen LogP contribution is 2.13. The quantitative estimate of drug-likeness (QED) is 0.587. The zero-order chi connectivity index (χ0) is 20.5. The summed E-state index contributed by atoms with van der Waals surface area (Å²) in [6, 6.07) is 8.03. The van der Waals surface area contributed by atoms with E-state index in [0.717, 1.165) is 23.4 Å². The number of nitrogens with zero attached hydrogens (tertiary/aromatic N) is 1. The summed E-state index contributed by atoms with van der Waals surface area (Å²) >= 11 is 0. The molecule has 0 aliphatic carbocycles. The second kappa shape index (κ2) is 9.60. The predicted molar refractivity (Wildman–Crippen MR) is 76.2 cm³/mol. The van der Waals surface area contributed by atoms with Gasteiger partial charge < -0.3 is 20.5 Å². The van der Waals surface area contributed by atoms with Gasteiger partial charge in [0.05, 0.1) is 17.6 Å². The summed E-state index contributed by atoms with van der Waals surface area (Å²) in [6.45, 7) is 0.786. The van der Waals surface area contributed by atoms with Crippen molar-refractivity contribution in [3.8, 4) is 0 Å². The Morgan fingerprint density at radius 3 is 1.81 bits per heavy atom. The smallest absolute Gasteiger partial charge is 0.475 e. The first-order chi connectivity index (χ1) is 11.8. The largest absolute Gasteiger partial charge is 0.490 e. The van der Waals surface area contributed by atoms with E-state index in [1.54, 1.807) is 0 Å². The lowest BCUT2D eigenvalue weighted by Gasteiger charge is -1.93. The fraction of sp³-hybridized carbons (Fsp3) is 0.308. The van der Waals surface area contributed by atoms with E-state index < -0.39 is 24.3 Å². The van der Waals surface area contributed by atoms with Gasteiger partial charge in [-0.15, -0.1) is 0 Å².